The first-order valence-electron chi connectivity index (χ1n) is 6.17. The van der Waals surface area contributed by atoms with Crippen molar-refractivity contribution in [1.82, 2.24) is 14.7 Å². The lowest BCUT2D eigenvalue weighted by molar-refractivity contribution is 0.240. The van der Waals surface area contributed by atoms with Crippen LogP contribution in [-0.2, 0) is 6.54 Å². The summed E-state index contributed by atoms with van der Waals surface area (Å²) in [6.45, 7) is 4.85. The SMILES string of the molecule is CCn1cc(C(CN)N(C)CC2CC2)cn1. The molecule has 0 spiro atoms. The molecule has 0 aliphatic heterocycles. The Hall–Kier alpha value is -0.870. The fourth-order valence-electron chi connectivity index (χ4n) is 2.13. The summed E-state index contributed by atoms with van der Waals surface area (Å²) in [5.74, 6) is 0.903. The van der Waals surface area contributed by atoms with Gasteiger partial charge in [-0.05, 0) is 32.7 Å². The van der Waals surface area contributed by atoms with Crippen LogP contribution in [0.1, 0.15) is 31.4 Å². The van der Waals surface area contributed by atoms with Crippen molar-refractivity contribution in [3.8, 4) is 0 Å². The Bertz CT molecular complexity index is 330. The topological polar surface area (TPSA) is 47.1 Å². The van der Waals surface area contributed by atoms with Gasteiger partial charge in [-0.15, -0.1) is 0 Å². The third kappa shape index (κ3) is 2.62. The van der Waals surface area contributed by atoms with Crippen LogP contribution >= 0.6 is 0 Å². The number of aryl methyl sites for hydroxylation is 1. The van der Waals surface area contributed by atoms with E-state index in [1.54, 1.807) is 0 Å². The van der Waals surface area contributed by atoms with Crippen molar-refractivity contribution in [1.29, 1.82) is 0 Å². The van der Waals surface area contributed by atoms with Gasteiger partial charge < -0.3 is 5.73 Å². The molecule has 90 valence electrons. The second kappa shape index (κ2) is 4.97. The number of nitrogens with zero attached hydrogens (tertiary/aromatic N) is 3. The van der Waals surface area contributed by atoms with Crippen LogP contribution < -0.4 is 5.73 Å². The molecule has 1 fully saturated rings. The van der Waals surface area contributed by atoms with Crippen molar-refractivity contribution < 1.29 is 0 Å². The van der Waals surface area contributed by atoms with Crippen molar-refractivity contribution in [3.63, 3.8) is 0 Å². The molecule has 1 aliphatic carbocycles. The zero-order chi connectivity index (χ0) is 11.5. The maximum atomic E-state index is 5.87. The Morgan fingerprint density at radius 2 is 2.38 bits per heavy atom. The predicted molar refractivity (Wildman–Crippen MR) is 65.1 cm³/mol. The van der Waals surface area contributed by atoms with Crippen LogP contribution in [-0.4, -0.2) is 34.8 Å². The lowest BCUT2D eigenvalue weighted by Gasteiger charge is -2.25. The molecular formula is C12H22N4. The predicted octanol–water partition coefficient (Wildman–Crippen LogP) is 1.24. The summed E-state index contributed by atoms with van der Waals surface area (Å²) in [4.78, 5) is 2.37. The molecule has 1 saturated carbocycles. The molecule has 2 rings (SSSR count). The van der Waals surface area contributed by atoms with E-state index < -0.39 is 0 Å². The Balaban J connectivity index is 2.01. The van der Waals surface area contributed by atoms with Gasteiger partial charge in [-0.1, -0.05) is 0 Å². The Labute approximate surface area is 97.4 Å². The molecule has 4 nitrogen and oxygen atoms in total. The van der Waals surface area contributed by atoms with Gasteiger partial charge in [0.1, 0.15) is 0 Å². The molecule has 1 aromatic rings. The average Bonchev–Trinajstić information content (AvgIpc) is 2.96. The highest BCUT2D eigenvalue weighted by Gasteiger charge is 2.26. The van der Waals surface area contributed by atoms with Gasteiger partial charge in [-0.25, -0.2) is 0 Å². The molecule has 0 aromatic carbocycles. The number of nitrogens with two attached hydrogens (primary N) is 1. The van der Waals surface area contributed by atoms with Gasteiger partial charge in [-0.2, -0.15) is 5.10 Å². The lowest BCUT2D eigenvalue weighted by atomic mass is 10.1. The van der Waals surface area contributed by atoms with E-state index in [2.05, 4.69) is 30.2 Å². The minimum absolute atomic E-state index is 0.320. The van der Waals surface area contributed by atoms with E-state index in [9.17, 15) is 0 Å². The first-order chi connectivity index (χ1) is 7.74. The molecule has 0 radical (unpaired) electrons. The molecule has 4 heteroatoms. The van der Waals surface area contributed by atoms with E-state index >= 15 is 0 Å². The summed E-state index contributed by atoms with van der Waals surface area (Å²) in [6, 6.07) is 0.320. The second-order valence-electron chi connectivity index (χ2n) is 4.76. The highest BCUT2D eigenvalue weighted by Crippen LogP contribution is 2.31. The summed E-state index contributed by atoms with van der Waals surface area (Å²) < 4.78 is 1.96. The zero-order valence-corrected chi connectivity index (χ0v) is 10.3. The Morgan fingerprint density at radius 1 is 1.62 bits per heavy atom. The number of rotatable bonds is 6. The van der Waals surface area contributed by atoms with Crippen LogP contribution in [0.5, 0.6) is 0 Å². The second-order valence-corrected chi connectivity index (χ2v) is 4.76. The smallest absolute Gasteiger partial charge is 0.0538 e. The maximum absolute atomic E-state index is 5.87. The van der Waals surface area contributed by atoms with E-state index in [0.29, 0.717) is 12.6 Å². The monoisotopic (exact) mass is 222 g/mol. The molecule has 0 saturated heterocycles. The number of hydrogen-bond acceptors (Lipinski definition) is 3. The molecule has 1 aromatic heterocycles. The summed E-state index contributed by atoms with van der Waals surface area (Å²) in [5.41, 5.74) is 7.12. The fraction of sp³-hybridized carbons (Fsp3) is 0.750. The minimum atomic E-state index is 0.320. The largest absolute Gasteiger partial charge is 0.329 e. The lowest BCUT2D eigenvalue weighted by Crippen LogP contribution is -2.31. The molecule has 1 unspecified atom stereocenters. The summed E-state index contributed by atoms with van der Waals surface area (Å²) in [6.07, 6.45) is 6.83. The van der Waals surface area contributed by atoms with E-state index in [-0.39, 0.29) is 0 Å². The van der Waals surface area contributed by atoms with Crippen LogP contribution in [0.25, 0.3) is 0 Å². The van der Waals surface area contributed by atoms with Crippen molar-refractivity contribution in [2.24, 2.45) is 11.7 Å². The standard InChI is InChI=1S/C12H22N4/c1-3-16-9-11(7-14-16)12(6-13)15(2)8-10-4-5-10/h7,9-10,12H,3-6,8,13H2,1-2H3. The van der Waals surface area contributed by atoms with Gasteiger partial charge >= 0.3 is 0 Å². The first kappa shape index (κ1) is 11.6. The van der Waals surface area contributed by atoms with Gasteiger partial charge in [0.2, 0.25) is 0 Å². The van der Waals surface area contributed by atoms with E-state index in [4.69, 9.17) is 5.73 Å². The fourth-order valence-corrected chi connectivity index (χ4v) is 2.13. The summed E-state index contributed by atoms with van der Waals surface area (Å²) in [5, 5.41) is 4.32. The van der Waals surface area contributed by atoms with Gasteiger partial charge in [-0.3, -0.25) is 9.58 Å². The summed E-state index contributed by atoms with van der Waals surface area (Å²) in [7, 11) is 2.17. The van der Waals surface area contributed by atoms with Gasteiger partial charge in [0.15, 0.2) is 0 Å². The molecule has 1 atom stereocenters. The quantitative estimate of drug-likeness (QED) is 0.788. The van der Waals surface area contributed by atoms with Crippen molar-refractivity contribution in [2.75, 3.05) is 20.1 Å². The van der Waals surface area contributed by atoms with Crippen LogP contribution in [0.4, 0.5) is 0 Å². The Kier molecular flexibility index (Phi) is 3.61. The average molecular weight is 222 g/mol. The van der Waals surface area contributed by atoms with Gasteiger partial charge in [0, 0.05) is 37.4 Å². The number of aromatic nitrogens is 2. The number of hydrogen-bond donors (Lipinski definition) is 1. The molecule has 0 bridgehead atoms. The zero-order valence-electron chi connectivity index (χ0n) is 10.3. The van der Waals surface area contributed by atoms with Crippen molar-refractivity contribution >= 4 is 0 Å². The minimum Gasteiger partial charge on any atom is -0.329 e. The highest BCUT2D eigenvalue weighted by molar-refractivity contribution is 5.11. The van der Waals surface area contributed by atoms with Crippen LogP contribution in [0.15, 0.2) is 12.4 Å². The van der Waals surface area contributed by atoms with Crippen molar-refractivity contribution in [2.45, 2.75) is 32.4 Å². The number of likely N-dealkylation sites (N-methyl/N-ethyl adjacent to an activating group) is 1. The Morgan fingerprint density at radius 3 is 2.88 bits per heavy atom. The van der Waals surface area contributed by atoms with Crippen molar-refractivity contribution in [3.05, 3.63) is 18.0 Å². The molecule has 0 amide bonds. The van der Waals surface area contributed by atoms with Gasteiger partial charge in [0.05, 0.1) is 6.20 Å². The van der Waals surface area contributed by atoms with E-state index in [1.165, 1.54) is 24.9 Å². The van der Waals surface area contributed by atoms with Crippen LogP contribution in [0, 0.1) is 5.92 Å². The third-order valence-electron chi connectivity index (χ3n) is 3.36. The highest BCUT2D eigenvalue weighted by atomic mass is 15.3. The molecular weight excluding hydrogens is 200 g/mol. The summed E-state index contributed by atoms with van der Waals surface area (Å²) >= 11 is 0. The van der Waals surface area contributed by atoms with E-state index in [0.717, 1.165) is 12.5 Å². The molecule has 16 heavy (non-hydrogen) atoms. The van der Waals surface area contributed by atoms with Gasteiger partial charge in [0.25, 0.3) is 0 Å². The maximum Gasteiger partial charge on any atom is 0.0538 e. The van der Waals surface area contributed by atoms with Crippen LogP contribution in [0.2, 0.25) is 0 Å². The van der Waals surface area contributed by atoms with E-state index in [1.807, 2.05) is 10.9 Å². The third-order valence-corrected chi connectivity index (χ3v) is 3.36. The molecule has 2 N–H and O–H groups in total. The molecule has 1 aliphatic rings. The first-order valence-corrected chi connectivity index (χ1v) is 6.17. The normalized spacial score (nSPS) is 18.0. The van der Waals surface area contributed by atoms with Crippen LogP contribution in [0.3, 0.4) is 0 Å². The molecule has 1 heterocycles.